The first-order valence-electron chi connectivity index (χ1n) is 8.04. The van der Waals surface area contributed by atoms with Gasteiger partial charge in [0.25, 0.3) is 5.56 Å². The van der Waals surface area contributed by atoms with Gasteiger partial charge >= 0.3 is 11.7 Å². The van der Waals surface area contributed by atoms with Crippen LogP contribution in [0.1, 0.15) is 46.3 Å². The van der Waals surface area contributed by atoms with Crippen LogP contribution in [-0.4, -0.2) is 37.8 Å². The highest BCUT2D eigenvalue weighted by Gasteiger charge is 2.37. The quantitative estimate of drug-likeness (QED) is 0.535. The number of nitrogens with one attached hydrogen (secondary N) is 1. The van der Waals surface area contributed by atoms with E-state index < -0.39 is 41.0 Å². The van der Waals surface area contributed by atoms with Crippen LogP contribution in [-0.2, 0) is 19.1 Å². The predicted octanol–water partition coefficient (Wildman–Crippen LogP) is 1.42. The molecule has 0 aromatic carbocycles. The Morgan fingerprint density at radius 3 is 2.73 bits per heavy atom. The number of H-pyrrole nitrogens is 1. The fourth-order valence-corrected chi connectivity index (χ4v) is 3.49. The zero-order valence-corrected chi connectivity index (χ0v) is 16.2. The molecule has 3 unspecified atom stereocenters. The highest BCUT2D eigenvalue weighted by molar-refractivity contribution is 9.09. The zero-order chi connectivity index (χ0) is 19.6. The van der Waals surface area contributed by atoms with Crippen LogP contribution in [0.2, 0.25) is 0 Å². The van der Waals surface area contributed by atoms with Crippen molar-refractivity contribution in [3.63, 3.8) is 0 Å². The summed E-state index contributed by atoms with van der Waals surface area (Å²) in [6.07, 6.45) is 0.435. The molecule has 10 heteroatoms. The number of alkyl halides is 1. The molecule has 0 bridgehead atoms. The maximum absolute atomic E-state index is 13.4. The summed E-state index contributed by atoms with van der Waals surface area (Å²) in [6.45, 7) is 4.27. The largest absolute Gasteiger partial charge is 0.452 e. The highest BCUT2D eigenvalue weighted by Crippen LogP contribution is 2.35. The van der Waals surface area contributed by atoms with Crippen molar-refractivity contribution in [3.05, 3.63) is 32.9 Å². The van der Waals surface area contributed by atoms with Crippen LogP contribution >= 0.6 is 15.9 Å². The summed E-state index contributed by atoms with van der Waals surface area (Å²) < 4.78 is 25.2. The number of ketones is 1. The highest BCUT2D eigenvalue weighted by atomic mass is 79.9. The van der Waals surface area contributed by atoms with E-state index in [4.69, 9.17) is 9.47 Å². The normalized spacial score (nSPS) is 23.0. The Morgan fingerprint density at radius 1 is 1.46 bits per heavy atom. The van der Waals surface area contributed by atoms with Crippen molar-refractivity contribution in [1.82, 2.24) is 9.55 Å². The molecule has 0 saturated carbocycles. The van der Waals surface area contributed by atoms with Crippen LogP contribution in [0.4, 0.5) is 4.39 Å². The predicted molar refractivity (Wildman–Crippen MR) is 92.6 cm³/mol. The van der Waals surface area contributed by atoms with Crippen molar-refractivity contribution in [2.24, 2.45) is 0 Å². The second-order valence-corrected chi connectivity index (χ2v) is 7.77. The van der Waals surface area contributed by atoms with E-state index in [1.54, 1.807) is 0 Å². The molecular formula is C16H20BrFN2O6. The number of halogens is 2. The van der Waals surface area contributed by atoms with Crippen LogP contribution in [0, 0.1) is 5.82 Å². The fourth-order valence-electron chi connectivity index (χ4n) is 2.78. The molecule has 1 aliphatic rings. The summed E-state index contributed by atoms with van der Waals surface area (Å²) >= 11 is 3.44. The van der Waals surface area contributed by atoms with Gasteiger partial charge in [-0.3, -0.25) is 23.9 Å². The van der Waals surface area contributed by atoms with E-state index in [-0.39, 0.29) is 17.0 Å². The van der Waals surface area contributed by atoms with Crippen molar-refractivity contribution in [3.8, 4) is 0 Å². The van der Waals surface area contributed by atoms with E-state index in [0.29, 0.717) is 12.8 Å². The summed E-state index contributed by atoms with van der Waals surface area (Å²) in [4.78, 5) is 48.0. The SMILES string of the molecule is CC(=O)OC(C)(C)C(=O)CCC1OC(n2cc(F)c(=O)[nH]c2=O)CC1Br. The van der Waals surface area contributed by atoms with Crippen molar-refractivity contribution in [1.29, 1.82) is 0 Å². The monoisotopic (exact) mass is 434 g/mol. The Hall–Kier alpha value is -1.81. The first-order valence-corrected chi connectivity index (χ1v) is 8.96. The average molecular weight is 435 g/mol. The molecule has 1 aliphatic heterocycles. The minimum Gasteiger partial charge on any atom is -0.452 e. The summed E-state index contributed by atoms with van der Waals surface area (Å²) in [6, 6.07) is 0. The number of Topliss-reactive ketones (excluding diaryl/α,β-unsaturated/α-hetero) is 1. The van der Waals surface area contributed by atoms with E-state index in [0.717, 1.165) is 10.8 Å². The van der Waals surface area contributed by atoms with E-state index in [1.165, 1.54) is 20.8 Å². The van der Waals surface area contributed by atoms with Gasteiger partial charge < -0.3 is 9.47 Å². The maximum atomic E-state index is 13.4. The zero-order valence-electron chi connectivity index (χ0n) is 14.6. The van der Waals surface area contributed by atoms with Crippen molar-refractivity contribution in [2.45, 2.75) is 62.8 Å². The number of esters is 1. The summed E-state index contributed by atoms with van der Waals surface area (Å²) in [5, 5.41) is 0. The van der Waals surface area contributed by atoms with Crippen LogP contribution < -0.4 is 11.2 Å². The lowest BCUT2D eigenvalue weighted by molar-refractivity contribution is -0.162. The van der Waals surface area contributed by atoms with Crippen LogP contribution in [0.25, 0.3) is 0 Å². The summed E-state index contributed by atoms with van der Waals surface area (Å²) in [5.74, 6) is -1.88. The molecule has 26 heavy (non-hydrogen) atoms. The van der Waals surface area contributed by atoms with Gasteiger partial charge in [0, 0.05) is 24.6 Å². The number of carbonyl (C=O) groups is 2. The second-order valence-electron chi connectivity index (χ2n) is 6.59. The van der Waals surface area contributed by atoms with Gasteiger partial charge in [-0.15, -0.1) is 0 Å². The van der Waals surface area contributed by atoms with Gasteiger partial charge in [0.2, 0.25) is 5.82 Å². The van der Waals surface area contributed by atoms with Crippen molar-refractivity contribution < 1.29 is 23.5 Å². The molecule has 3 atom stereocenters. The van der Waals surface area contributed by atoms with Gasteiger partial charge in [0.1, 0.15) is 6.23 Å². The second kappa shape index (κ2) is 7.83. The molecule has 1 fully saturated rings. The molecule has 0 amide bonds. The summed E-state index contributed by atoms with van der Waals surface area (Å²) in [7, 11) is 0. The number of hydrogen-bond donors (Lipinski definition) is 1. The van der Waals surface area contributed by atoms with E-state index in [9.17, 15) is 23.6 Å². The third-order valence-corrected chi connectivity index (χ3v) is 5.09. The third kappa shape index (κ3) is 4.67. The molecule has 2 rings (SSSR count). The van der Waals surface area contributed by atoms with Crippen molar-refractivity contribution >= 4 is 27.7 Å². The number of rotatable bonds is 6. The Labute approximate surface area is 156 Å². The van der Waals surface area contributed by atoms with Gasteiger partial charge in [-0.05, 0) is 20.3 Å². The standard InChI is InChI=1S/C16H20BrFN2O6/c1-8(21)26-16(2,3)12(22)5-4-11-9(17)6-13(25-11)20-7-10(18)14(23)19-15(20)24/h7,9,11,13H,4-6H2,1-3H3,(H,19,23,24). The van der Waals surface area contributed by atoms with Crippen LogP contribution in [0.5, 0.6) is 0 Å². The van der Waals surface area contributed by atoms with E-state index >= 15 is 0 Å². The Balaban J connectivity index is 2.02. The Morgan fingerprint density at radius 2 is 2.12 bits per heavy atom. The number of aromatic amines is 1. The number of carbonyl (C=O) groups excluding carboxylic acids is 2. The van der Waals surface area contributed by atoms with Gasteiger partial charge in [0.15, 0.2) is 11.4 Å². The minimum absolute atomic E-state index is 0.106. The molecule has 0 radical (unpaired) electrons. The van der Waals surface area contributed by atoms with Gasteiger partial charge in [0.05, 0.1) is 12.3 Å². The van der Waals surface area contributed by atoms with Gasteiger partial charge in [-0.1, -0.05) is 15.9 Å². The molecule has 1 aromatic rings. The van der Waals surface area contributed by atoms with Gasteiger partial charge in [-0.25, -0.2) is 4.79 Å². The molecule has 1 aromatic heterocycles. The average Bonchev–Trinajstić information content (AvgIpc) is 2.88. The van der Waals surface area contributed by atoms with E-state index in [1.807, 2.05) is 4.98 Å². The topological polar surface area (TPSA) is 107 Å². The van der Waals surface area contributed by atoms with Crippen LogP contribution in [0.3, 0.4) is 0 Å². The molecule has 1 N–H and O–H groups in total. The number of ether oxygens (including phenoxy) is 2. The van der Waals surface area contributed by atoms with Crippen LogP contribution in [0.15, 0.2) is 15.8 Å². The third-order valence-electron chi connectivity index (χ3n) is 4.12. The maximum Gasteiger partial charge on any atom is 0.330 e. The lowest BCUT2D eigenvalue weighted by Gasteiger charge is -2.24. The molecule has 144 valence electrons. The Kier molecular flexibility index (Phi) is 6.17. The number of aromatic nitrogens is 2. The number of nitrogens with zero attached hydrogens (tertiary/aromatic N) is 1. The first-order chi connectivity index (χ1) is 12.0. The smallest absolute Gasteiger partial charge is 0.330 e. The molecule has 0 spiro atoms. The minimum atomic E-state index is -1.23. The number of hydrogen-bond acceptors (Lipinski definition) is 6. The fraction of sp³-hybridized carbons (Fsp3) is 0.625. The lowest BCUT2D eigenvalue weighted by Crippen LogP contribution is -2.37. The first kappa shape index (κ1) is 20.5. The van der Waals surface area contributed by atoms with Gasteiger partial charge in [-0.2, -0.15) is 4.39 Å². The molecule has 1 saturated heterocycles. The van der Waals surface area contributed by atoms with E-state index in [2.05, 4.69) is 15.9 Å². The molecule has 0 aliphatic carbocycles. The molecule has 8 nitrogen and oxygen atoms in total. The summed E-state index contributed by atoms with van der Waals surface area (Å²) in [5.41, 5.74) is -3.09. The Bertz CT molecular complexity index is 818. The van der Waals surface area contributed by atoms with Crippen molar-refractivity contribution in [2.75, 3.05) is 0 Å². The molecular weight excluding hydrogens is 415 g/mol. The lowest BCUT2D eigenvalue weighted by atomic mass is 9.97. The molecule has 2 heterocycles.